The third-order valence-corrected chi connectivity index (χ3v) is 3.45. The molecule has 0 unspecified atom stereocenters. The summed E-state index contributed by atoms with van der Waals surface area (Å²) in [4.78, 5) is 6.82. The Hall–Kier alpha value is -0.350. The number of rotatable bonds is 6. The molecule has 5 heteroatoms. The van der Waals surface area contributed by atoms with Crippen LogP contribution in [-0.4, -0.2) is 28.3 Å². The van der Waals surface area contributed by atoms with Gasteiger partial charge in [-0.3, -0.25) is 0 Å². The van der Waals surface area contributed by atoms with E-state index < -0.39 is 0 Å². The Bertz CT molecular complexity index is 305. The van der Waals surface area contributed by atoms with Gasteiger partial charge in [0.2, 0.25) is 5.13 Å². The predicted molar refractivity (Wildman–Crippen MR) is 65.1 cm³/mol. The zero-order valence-corrected chi connectivity index (χ0v) is 10.5. The van der Waals surface area contributed by atoms with Crippen LogP contribution in [0, 0.1) is 0 Å². The van der Waals surface area contributed by atoms with Crippen molar-refractivity contribution in [3.05, 3.63) is 5.82 Å². The predicted octanol–water partition coefficient (Wildman–Crippen LogP) is 2.87. The van der Waals surface area contributed by atoms with Gasteiger partial charge >= 0.3 is 0 Å². The Labute approximate surface area is 99.6 Å². The van der Waals surface area contributed by atoms with Crippen LogP contribution in [0.25, 0.3) is 0 Å². The topological polar surface area (TPSA) is 29.0 Å². The highest BCUT2D eigenvalue weighted by molar-refractivity contribution is 7.09. The highest BCUT2D eigenvalue weighted by Gasteiger charge is 2.28. The van der Waals surface area contributed by atoms with Crippen molar-refractivity contribution in [2.75, 3.05) is 23.9 Å². The van der Waals surface area contributed by atoms with Gasteiger partial charge in [-0.05, 0) is 19.3 Å². The van der Waals surface area contributed by atoms with Gasteiger partial charge in [-0.25, -0.2) is 4.98 Å². The Balaban J connectivity index is 2.03. The molecular formula is C10H16ClN3S. The molecule has 15 heavy (non-hydrogen) atoms. The van der Waals surface area contributed by atoms with E-state index in [4.69, 9.17) is 11.6 Å². The van der Waals surface area contributed by atoms with Crippen LogP contribution in [0.2, 0.25) is 0 Å². The monoisotopic (exact) mass is 245 g/mol. The van der Waals surface area contributed by atoms with Crippen LogP contribution < -0.4 is 4.90 Å². The van der Waals surface area contributed by atoms with E-state index in [-0.39, 0.29) is 0 Å². The number of alkyl halides is 1. The molecule has 1 fully saturated rings. The molecule has 0 amide bonds. The fourth-order valence-electron chi connectivity index (χ4n) is 1.54. The number of aromatic nitrogens is 2. The maximum absolute atomic E-state index is 5.78. The summed E-state index contributed by atoms with van der Waals surface area (Å²) in [6, 6.07) is 0. The molecule has 0 saturated heterocycles. The van der Waals surface area contributed by atoms with E-state index in [1.54, 1.807) is 0 Å². The van der Waals surface area contributed by atoms with Gasteiger partial charge in [-0.1, -0.05) is 6.92 Å². The summed E-state index contributed by atoms with van der Waals surface area (Å²) in [6.45, 7) is 4.06. The molecule has 0 atom stereocenters. The van der Waals surface area contributed by atoms with Gasteiger partial charge in [-0.15, -0.1) is 11.6 Å². The normalized spacial score (nSPS) is 15.6. The van der Waals surface area contributed by atoms with E-state index >= 15 is 0 Å². The first-order valence-corrected chi connectivity index (χ1v) is 6.80. The SMILES string of the molecule is CCCN(CCCl)c1nc(C2CC2)ns1. The van der Waals surface area contributed by atoms with Crippen LogP contribution in [0.15, 0.2) is 0 Å². The molecule has 2 rings (SSSR count). The number of hydrogen-bond acceptors (Lipinski definition) is 4. The lowest BCUT2D eigenvalue weighted by Gasteiger charge is -2.18. The lowest BCUT2D eigenvalue weighted by molar-refractivity contribution is 0.786. The second-order valence-corrected chi connectivity index (χ2v) is 4.99. The maximum Gasteiger partial charge on any atom is 0.205 e. The van der Waals surface area contributed by atoms with E-state index in [2.05, 4.69) is 21.2 Å². The minimum atomic E-state index is 0.648. The summed E-state index contributed by atoms with van der Waals surface area (Å²) < 4.78 is 4.41. The summed E-state index contributed by atoms with van der Waals surface area (Å²) in [5, 5.41) is 1.04. The summed E-state index contributed by atoms with van der Waals surface area (Å²) in [5.74, 6) is 2.35. The Morgan fingerprint density at radius 3 is 2.87 bits per heavy atom. The van der Waals surface area contributed by atoms with Crippen molar-refractivity contribution in [3.63, 3.8) is 0 Å². The first-order valence-electron chi connectivity index (χ1n) is 5.49. The Morgan fingerprint density at radius 2 is 2.27 bits per heavy atom. The molecule has 0 N–H and O–H groups in total. The van der Waals surface area contributed by atoms with Crippen LogP contribution >= 0.6 is 23.1 Å². The lowest BCUT2D eigenvalue weighted by Crippen LogP contribution is -2.26. The second kappa shape index (κ2) is 5.12. The average Bonchev–Trinajstić information content (AvgIpc) is 2.97. The second-order valence-electron chi connectivity index (χ2n) is 3.89. The van der Waals surface area contributed by atoms with Gasteiger partial charge in [0, 0.05) is 36.4 Å². The molecule has 0 aromatic carbocycles. The molecule has 3 nitrogen and oxygen atoms in total. The molecule has 0 radical (unpaired) electrons. The molecule has 84 valence electrons. The van der Waals surface area contributed by atoms with Gasteiger partial charge in [0.05, 0.1) is 0 Å². The van der Waals surface area contributed by atoms with E-state index in [1.165, 1.54) is 24.4 Å². The minimum absolute atomic E-state index is 0.648. The van der Waals surface area contributed by atoms with Crippen molar-refractivity contribution in [1.82, 2.24) is 9.36 Å². The Kier molecular flexibility index (Phi) is 3.81. The van der Waals surface area contributed by atoms with Gasteiger partial charge in [0.1, 0.15) is 5.82 Å². The van der Waals surface area contributed by atoms with Crippen molar-refractivity contribution in [2.24, 2.45) is 0 Å². The van der Waals surface area contributed by atoms with Crippen molar-refractivity contribution >= 4 is 28.3 Å². The van der Waals surface area contributed by atoms with Crippen LogP contribution in [0.5, 0.6) is 0 Å². The van der Waals surface area contributed by atoms with Gasteiger partial charge in [0.25, 0.3) is 0 Å². The molecule has 1 aliphatic rings. The third-order valence-electron chi connectivity index (χ3n) is 2.49. The summed E-state index contributed by atoms with van der Waals surface area (Å²) in [6.07, 6.45) is 3.65. The van der Waals surface area contributed by atoms with E-state index in [0.29, 0.717) is 11.8 Å². The van der Waals surface area contributed by atoms with E-state index in [0.717, 1.165) is 30.5 Å². The first kappa shape index (κ1) is 11.1. The first-order chi connectivity index (χ1) is 7.35. The molecule has 1 aliphatic carbocycles. The summed E-state index contributed by atoms with van der Waals surface area (Å²) >= 11 is 7.29. The Morgan fingerprint density at radius 1 is 1.47 bits per heavy atom. The van der Waals surface area contributed by atoms with Crippen molar-refractivity contribution < 1.29 is 0 Å². The smallest absolute Gasteiger partial charge is 0.205 e. The standard InChI is InChI=1S/C10H16ClN3S/c1-2-6-14(7-5-11)10-12-9(13-15-10)8-3-4-8/h8H,2-7H2,1H3. The summed E-state index contributed by atoms with van der Waals surface area (Å²) in [7, 11) is 0. The number of nitrogens with zero attached hydrogens (tertiary/aromatic N) is 3. The third kappa shape index (κ3) is 2.82. The van der Waals surface area contributed by atoms with Crippen molar-refractivity contribution in [2.45, 2.75) is 32.1 Å². The zero-order chi connectivity index (χ0) is 10.7. The van der Waals surface area contributed by atoms with Crippen LogP contribution in [0.1, 0.15) is 37.9 Å². The van der Waals surface area contributed by atoms with E-state index in [1.807, 2.05) is 0 Å². The van der Waals surface area contributed by atoms with Crippen molar-refractivity contribution in [3.8, 4) is 0 Å². The fourth-order valence-corrected chi connectivity index (χ4v) is 2.54. The molecule has 1 heterocycles. The number of anilines is 1. The molecule has 0 aliphatic heterocycles. The maximum atomic E-state index is 5.78. The molecule has 0 spiro atoms. The van der Waals surface area contributed by atoms with E-state index in [9.17, 15) is 0 Å². The van der Waals surface area contributed by atoms with Crippen molar-refractivity contribution in [1.29, 1.82) is 0 Å². The molecule has 1 aromatic heterocycles. The van der Waals surface area contributed by atoms with Crippen LogP contribution in [0.4, 0.5) is 5.13 Å². The highest BCUT2D eigenvalue weighted by Crippen LogP contribution is 2.39. The molecule has 0 bridgehead atoms. The quantitative estimate of drug-likeness (QED) is 0.722. The zero-order valence-electron chi connectivity index (χ0n) is 8.95. The van der Waals surface area contributed by atoms with Gasteiger partial charge in [-0.2, -0.15) is 4.37 Å². The molecule has 1 aromatic rings. The fraction of sp³-hybridized carbons (Fsp3) is 0.800. The lowest BCUT2D eigenvalue weighted by atomic mass is 10.4. The molecule has 1 saturated carbocycles. The van der Waals surface area contributed by atoms with Gasteiger partial charge < -0.3 is 4.90 Å². The van der Waals surface area contributed by atoms with Gasteiger partial charge in [0.15, 0.2) is 0 Å². The molecular weight excluding hydrogens is 230 g/mol. The minimum Gasteiger partial charge on any atom is -0.346 e. The van der Waals surface area contributed by atoms with Crippen LogP contribution in [0.3, 0.4) is 0 Å². The largest absolute Gasteiger partial charge is 0.346 e. The highest BCUT2D eigenvalue weighted by atomic mass is 35.5. The number of hydrogen-bond donors (Lipinski definition) is 0. The summed E-state index contributed by atoms with van der Waals surface area (Å²) in [5.41, 5.74) is 0. The average molecular weight is 246 g/mol. The number of halogens is 1. The van der Waals surface area contributed by atoms with Crippen LogP contribution in [-0.2, 0) is 0 Å².